The lowest BCUT2D eigenvalue weighted by Gasteiger charge is -2.21. The molecule has 0 spiro atoms. The molecule has 1 aromatic rings. The van der Waals surface area contributed by atoms with Crippen molar-refractivity contribution in [1.29, 1.82) is 0 Å². The average Bonchev–Trinajstić information content (AvgIpc) is 2.56. The molecule has 0 radical (unpaired) electrons. The third-order valence-electron chi connectivity index (χ3n) is 2.32. The molecule has 0 amide bonds. The molecule has 1 unspecified atom stereocenters. The first kappa shape index (κ1) is 15.1. The van der Waals surface area contributed by atoms with Gasteiger partial charge in [-0.25, -0.2) is 0 Å². The number of aromatic nitrogens is 2. The van der Waals surface area contributed by atoms with Gasteiger partial charge in [-0.2, -0.15) is 16.9 Å². The molecule has 1 aromatic heterocycles. The van der Waals surface area contributed by atoms with E-state index in [0.717, 1.165) is 28.9 Å². The van der Waals surface area contributed by atoms with Gasteiger partial charge in [-0.15, -0.1) is 0 Å². The molecular weight excluding hydrogens is 298 g/mol. The van der Waals surface area contributed by atoms with Crippen LogP contribution in [0.1, 0.15) is 45.9 Å². The molecule has 0 saturated carbocycles. The Hall–Kier alpha value is -0.0000000000000000555. The predicted octanol–water partition coefficient (Wildman–Crippen LogP) is 3.59. The Morgan fingerprint density at radius 1 is 1.53 bits per heavy atom. The fourth-order valence-electron chi connectivity index (χ4n) is 1.55. The highest BCUT2D eigenvalue weighted by Gasteiger charge is 2.19. The second kappa shape index (κ2) is 6.25. The highest BCUT2D eigenvalue weighted by atomic mass is 79.9. The molecule has 0 aromatic carbocycles. The van der Waals surface area contributed by atoms with E-state index in [1.807, 2.05) is 22.6 Å². The van der Waals surface area contributed by atoms with Crippen LogP contribution < -0.4 is 5.73 Å². The second-order valence-electron chi connectivity index (χ2n) is 5.13. The molecule has 1 rings (SSSR count). The van der Waals surface area contributed by atoms with Crippen LogP contribution in [-0.4, -0.2) is 20.3 Å². The molecule has 2 N–H and O–H groups in total. The van der Waals surface area contributed by atoms with Gasteiger partial charge >= 0.3 is 0 Å². The first-order chi connectivity index (χ1) is 7.85. The molecule has 0 saturated heterocycles. The van der Waals surface area contributed by atoms with Gasteiger partial charge in [0.2, 0.25) is 0 Å². The van der Waals surface area contributed by atoms with Crippen molar-refractivity contribution in [2.45, 2.75) is 51.4 Å². The summed E-state index contributed by atoms with van der Waals surface area (Å²) in [4.78, 5) is 0. The van der Waals surface area contributed by atoms with Gasteiger partial charge in [-0.05, 0) is 22.4 Å². The summed E-state index contributed by atoms with van der Waals surface area (Å²) in [5, 5.41) is 4.35. The van der Waals surface area contributed by atoms with E-state index in [1.54, 1.807) is 0 Å². The Labute approximate surface area is 117 Å². The Morgan fingerprint density at radius 2 is 2.18 bits per heavy atom. The molecule has 1 heterocycles. The second-order valence-corrected chi connectivity index (χ2v) is 7.83. The number of hydrogen-bond donors (Lipinski definition) is 1. The van der Waals surface area contributed by atoms with Gasteiger partial charge in [-0.3, -0.25) is 4.68 Å². The van der Waals surface area contributed by atoms with E-state index in [9.17, 15) is 0 Å². The fourth-order valence-corrected chi connectivity index (χ4v) is 2.98. The quantitative estimate of drug-likeness (QED) is 0.902. The first-order valence-electron chi connectivity index (χ1n) is 5.96. The molecule has 3 nitrogen and oxygen atoms in total. The van der Waals surface area contributed by atoms with Gasteiger partial charge in [0.05, 0.1) is 22.4 Å². The van der Waals surface area contributed by atoms with E-state index in [-0.39, 0.29) is 10.8 Å². The largest absolute Gasteiger partial charge is 0.322 e. The van der Waals surface area contributed by atoms with E-state index in [0.29, 0.717) is 0 Å². The van der Waals surface area contributed by atoms with Gasteiger partial charge < -0.3 is 5.73 Å². The Kier molecular flexibility index (Phi) is 5.54. The van der Waals surface area contributed by atoms with Gasteiger partial charge in [0.15, 0.2) is 0 Å². The minimum absolute atomic E-state index is 0.0302. The van der Waals surface area contributed by atoms with Crippen molar-refractivity contribution in [2.24, 2.45) is 5.73 Å². The SMILES string of the molecule is CCCn1ncc(Br)c1C(N)CSC(C)(C)C. The van der Waals surface area contributed by atoms with Crippen molar-refractivity contribution >= 4 is 27.7 Å². The summed E-state index contributed by atoms with van der Waals surface area (Å²) in [5.74, 6) is 0.914. The number of halogens is 1. The number of rotatable bonds is 5. The van der Waals surface area contributed by atoms with Crippen molar-refractivity contribution in [3.05, 3.63) is 16.4 Å². The lowest BCUT2D eigenvalue weighted by Crippen LogP contribution is -2.21. The minimum Gasteiger partial charge on any atom is -0.322 e. The monoisotopic (exact) mass is 319 g/mol. The molecule has 1 atom stereocenters. The topological polar surface area (TPSA) is 43.8 Å². The third kappa shape index (κ3) is 4.64. The number of thioether (sulfide) groups is 1. The van der Waals surface area contributed by atoms with Gasteiger partial charge in [0.1, 0.15) is 0 Å². The minimum atomic E-state index is 0.0302. The first-order valence-corrected chi connectivity index (χ1v) is 7.73. The zero-order chi connectivity index (χ0) is 13.1. The Morgan fingerprint density at radius 3 is 2.71 bits per heavy atom. The van der Waals surface area contributed by atoms with Crippen molar-refractivity contribution in [1.82, 2.24) is 9.78 Å². The van der Waals surface area contributed by atoms with E-state index in [1.165, 1.54) is 0 Å². The number of nitrogens with zero attached hydrogens (tertiary/aromatic N) is 2. The predicted molar refractivity (Wildman–Crippen MR) is 79.4 cm³/mol. The summed E-state index contributed by atoms with van der Waals surface area (Å²) in [6, 6.07) is 0.0302. The average molecular weight is 320 g/mol. The lowest BCUT2D eigenvalue weighted by molar-refractivity contribution is 0.552. The van der Waals surface area contributed by atoms with Crippen molar-refractivity contribution < 1.29 is 0 Å². The molecular formula is C12H22BrN3S. The smallest absolute Gasteiger partial charge is 0.0701 e. The van der Waals surface area contributed by atoms with Crippen LogP contribution in [0, 0.1) is 0 Å². The van der Waals surface area contributed by atoms with Crippen LogP contribution in [0.2, 0.25) is 0 Å². The Bertz CT molecular complexity index is 357. The molecule has 0 fully saturated rings. The zero-order valence-electron chi connectivity index (χ0n) is 11.0. The van der Waals surface area contributed by atoms with Gasteiger partial charge in [-0.1, -0.05) is 27.7 Å². The number of nitrogens with two attached hydrogens (primary N) is 1. The lowest BCUT2D eigenvalue weighted by atomic mass is 10.2. The highest BCUT2D eigenvalue weighted by Crippen LogP contribution is 2.30. The zero-order valence-corrected chi connectivity index (χ0v) is 13.4. The summed E-state index contributed by atoms with van der Waals surface area (Å²) >= 11 is 5.42. The Balaban J connectivity index is 2.73. The van der Waals surface area contributed by atoms with Crippen LogP contribution in [0.25, 0.3) is 0 Å². The molecule has 0 bridgehead atoms. The molecule has 5 heteroatoms. The molecule has 0 aliphatic heterocycles. The molecule has 98 valence electrons. The van der Waals surface area contributed by atoms with E-state index < -0.39 is 0 Å². The summed E-state index contributed by atoms with van der Waals surface area (Å²) in [6.45, 7) is 9.71. The summed E-state index contributed by atoms with van der Waals surface area (Å²) in [6.07, 6.45) is 2.91. The van der Waals surface area contributed by atoms with Crippen molar-refractivity contribution in [2.75, 3.05) is 5.75 Å². The number of hydrogen-bond acceptors (Lipinski definition) is 3. The third-order valence-corrected chi connectivity index (χ3v) is 4.32. The van der Waals surface area contributed by atoms with Crippen LogP contribution in [-0.2, 0) is 6.54 Å². The summed E-state index contributed by atoms with van der Waals surface area (Å²) in [5.41, 5.74) is 7.38. The van der Waals surface area contributed by atoms with Crippen LogP contribution in [0.4, 0.5) is 0 Å². The highest BCUT2D eigenvalue weighted by molar-refractivity contribution is 9.10. The van der Waals surface area contributed by atoms with Crippen LogP contribution in [0.5, 0.6) is 0 Å². The normalized spacial score (nSPS) is 14.0. The fraction of sp³-hybridized carbons (Fsp3) is 0.750. The number of aryl methyl sites for hydroxylation is 1. The van der Waals surface area contributed by atoms with Crippen LogP contribution in [0.3, 0.4) is 0 Å². The van der Waals surface area contributed by atoms with Crippen LogP contribution >= 0.6 is 27.7 Å². The summed E-state index contributed by atoms with van der Waals surface area (Å²) < 4.78 is 3.28. The van der Waals surface area contributed by atoms with Gasteiger partial charge in [0.25, 0.3) is 0 Å². The van der Waals surface area contributed by atoms with Crippen molar-refractivity contribution in [3.63, 3.8) is 0 Å². The van der Waals surface area contributed by atoms with Gasteiger partial charge in [0, 0.05) is 17.0 Å². The molecule has 17 heavy (non-hydrogen) atoms. The van der Waals surface area contributed by atoms with Crippen LogP contribution in [0.15, 0.2) is 10.7 Å². The maximum atomic E-state index is 6.27. The van der Waals surface area contributed by atoms with Crippen molar-refractivity contribution in [3.8, 4) is 0 Å². The maximum absolute atomic E-state index is 6.27. The summed E-state index contributed by atoms with van der Waals surface area (Å²) in [7, 11) is 0. The maximum Gasteiger partial charge on any atom is 0.0701 e. The van der Waals surface area contributed by atoms with E-state index >= 15 is 0 Å². The van der Waals surface area contributed by atoms with E-state index in [4.69, 9.17) is 5.73 Å². The molecule has 0 aliphatic rings. The standard InChI is InChI=1S/C12H22BrN3S/c1-5-6-16-11(9(13)7-15-16)10(14)8-17-12(2,3)4/h7,10H,5-6,8,14H2,1-4H3. The van der Waals surface area contributed by atoms with E-state index in [2.05, 4.69) is 48.7 Å². The molecule has 0 aliphatic carbocycles.